The number of hydrogen-bond donors (Lipinski definition) is 0. The van der Waals surface area contributed by atoms with Crippen LogP contribution >= 0.6 is 11.8 Å². The van der Waals surface area contributed by atoms with E-state index >= 15 is 0 Å². The lowest BCUT2D eigenvalue weighted by molar-refractivity contribution is -0.114. The summed E-state index contributed by atoms with van der Waals surface area (Å²) < 4.78 is 7.20. The average molecular weight is 353 g/mol. The third-order valence-electron chi connectivity index (χ3n) is 3.68. The van der Waals surface area contributed by atoms with Gasteiger partial charge in [0.15, 0.2) is 11.0 Å². The summed E-state index contributed by atoms with van der Waals surface area (Å²) in [5.74, 6) is 2.00. The number of carbonyl (C=O) groups is 1. The fourth-order valence-corrected chi connectivity index (χ4v) is 3.14. The Morgan fingerprint density at radius 1 is 1.08 bits per heavy atom. The van der Waals surface area contributed by atoms with Crippen molar-refractivity contribution in [3.8, 4) is 22.8 Å². The standard InChI is InChI=1S/C19H19N3O2S/c1-13-4-8-16(9-5-13)22-18(15-6-10-17(24-3)11-7-15)20-21-19(22)25-12-14(2)23/h4-11H,12H2,1-3H3. The van der Waals surface area contributed by atoms with Gasteiger partial charge in [0, 0.05) is 11.3 Å². The molecule has 6 heteroatoms. The second-order valence-corrected chi connectivity index (χ2v) is 6.64. The number of aromatic nitrogens is 3. The van der Waals surface area contributed by atoms with E-state index in [1.54, 1.807) is 14.0 Å². The molecule has 0 aliphatic carbocycles. The minimum absolute atomic E-state index is 0.106. The minimum atomic E-state index is 0.106. The molecule has 25 heavy (non-hydrogen) atoms. The molecule has 3 rings (SSSR count). The van der Waals surface area contributed by atoms with Crippen molar-refractivity contribution in [2.45, 2.75) is 19.0 Å². The first-order valence-corrected chi connectivity index (χ1v) is 8.86. The van der Waals surface area contributed by atoms with Crippen LogP contribution in [0.15, 0.2) is 53.7 Å². The molecule has 128 valence electrons. The van der Waals surface area contributed by atoms with Crippen molar-refractivity contribution in [2.24, 2.45) is 0 Å². The number of aryl methyl sites for hydroxylation is 1. The molecule has 0 fully saturated rings. The number of methoxy groups -OCH3 is 1. The highest BCUT2D eigenvalue weighted by Crippen LogP contribution is 2.29. The number of hydrogen-bond acceptors (Lipinski definition) is 5. The van der Waals surface area contributed by atoms with Crippen molar-refractivity contribution in [3.05, 3.63) is 54.1 Å². The highest BCUT2D eigenvalue weighted by atomic mass is 32.2. The molecule has 0 saturated heterocycles. The fraction of sp³-hybridized carbons (Fsp3) is 0.211. The Morgan fingerprint density at radius 3 is 2.36 bits per heavy atom. The molecule has 0 atom stereocenters. The SMILES string of the molecule is COc1ccc(-c2nnc(SCC(C)=O)n2-c2ccc(C)cc2)cc1. The number of ketones is 1. The van der Waals surface area contributed by atoms with E-state index in [1.807, 2.05) is 60.0 Å². The lowest BCUT2D eigenvalue weighted by atomic mass is 10.2. The third kappa shape index (κ3) is 3.91. The smallest absolute Gasteiger partial charge is 0.196 e. The predicted octanol–water partition coefficient (Wildman–Crippen LogP) is 3.93. The first kappa shape index (κ1) is 17.2. The van der Waals surface area contributed by atoms with Crippen LogP contribution in [0.25, 0.3) is 17.1 Å². The molecule has 0 N–H and O–H groups in total. The molecule has 0 unspecified atom stereocenters. The van der Waals surface area contributed by atoms with Crippen molar-refractivity contribution < 1.29 is 9.53 Å². The van der Waals surface area contributed by atoms with E-state index in [-0.39, 0.29) is 5.78 Å². The van der Waals surface area contributed by atoms with E-state index in [4.69, 9.17) is 4.74 Å². The van der Waals surface area contributed by atoms with Crippen LogP contribution in [0.1, 0.15) is 12.5 Å². The molecule has 0 bridgehead atoms. The normalized spacial score (nSPS) is 10.7. The van der Waals surface area contributed by atoms with Crippen molar-refractivity contribution in [1.29, 1.82) is 0 Å². The molecule has 0 radical (unpaired) electrons. The minimum Gasteiger partial charge on any atom is -0.497 e. The van der Waals surface area contributed by atoms with Gasteiger partial charge in [-0.05, 0) is 50.2 Å². The Balaban J connectivity index is 2.07. The van der Waals surface area contributed by atoms with Gasteiger partial charge in [-0.1, -0.05) is 29.5 Å². The van der Waals surface area contributed by atoms with Gasteiger partial charge >= 0.3 is 0 Å². The van der Waals surface area contributed by atoms with E-state index in [2.05, 4.69) is 10.2 Å². The third-order valence-corrected chi connectivity index (χ3v) is 4.75. The van der Waals surface area contributed by atoms with Crippen LogP contribution in [0, 0.1) is 6.92 Å². The Kier molecular flexibility index (Phi) is 5.19. The van der Waals surface area contributed by atoms with E-state index < -0.39 is 0 Å². The number of benzene rings is 2. The summed E-state index contributed by atoms with van der Waals surface area (Å²) in [5, 5.41) is 9.36. The number of carbonyl (C=O) groups excluding carboxylic acids is 1. The number of nitrogens with zero attached hydrogens (tertiary/aromatic N) is 3. The summed E-state index contributed by atoms with van der Waals surface area (Å²) in [5.41, 5.74) is 3.08. The van der Waals surface area contributed by atoms with Crippen molar-refractivity contribution >= 4 is 17.5 Å². The number of thioether (sulfide) groups is 1. The van der Waals surface area contributed by atoms with Crippen LogP contribution in [0.3, 0.4) is 0 Å². The summed E-state index contributed by atoms with van der Waals surface area (Å²) in [6.07, 6.45) is 0. The topological polar surface area (TPSA) is 57.0 Å². The largest absolute Gasteiger partial charge is 0.497 e. The Morgan fingerprint density at radius 2 is 1.76 bits per heavy atom. The van der Waals surface area contributed by atoms with Gasteiger partial charge in [-0.3, -0.25) is 9.36 Å². The van der Waals surface area contributed by atoms with E-state index in [9.17, 15) is 4.79 Å². The fourth-order valence-electron chi connectivity index (χ4n) is 2.38. The lowest BCUT2D eigenvalue weighted by Gasteiger charge is -2.11. The molecule has 0 amide bonds. The zero-order chi connectivity index (χ0) is 17.8. The molecule has 0 spiro atoms. The Hall–Kier alpha value is -2.60. The monoisotopic (exact) mass is 353 g/mol. The molecular formula is C19H19N3O2S. The van der Waals surface area contributed by atoms with Crippen molar-refractivity contribution in [3.63, 3.8) is 0 Å². The lowest BCUT2D eigenvalue weighted by Crippen LogP contribution is -2.02. The molecule has 1 heterocycles. The molecular weight excluding hydrogens is 334 g/mol. The highest BCUT2D eigenvalue weighted by Gasteiger charge is 2.16. The summed E-state index contributed by atoms with van der Waals surface area (Å²) in [6.45, 7) is 3.62. The predicted molar refractivity (Wildman–Crippen MR) is 99.5 cm³/mol. The van der Waals surface area contributed by atoms with E-state index in [1.165, 1.54) is 17.3 Å². The Labute approximate surface area is 151 Å². The second kappa shape index (κ2) is 7.53. The molecule has 2 aromatic carbocycles. The summed E-state index contributed by atoms with van der Waals surface area (Å²) in [6, 6.07) is 15.9. The quantitative estimate of drug-likeness (QED) is 0.629. The maximum Gasteiger partial charge on any atom is 0.196 e. The summed E-state index contributed by atoms with van der Waals surface area (Å²) in [4.78, 5) is 11.4. The van der Waals surface area contributed by atoms with Crippen molar-refractivity contribution in [1.82, 2.24) is 14.8 Å². The van der Waals surface area contributed by atoms with Gasteiger partial charge < -0.3 is 4.74 Å². The van der Waals surface area contributed by atoms with Crippen LogP contribution < -0.4 is 4.74 Å². The van der Waals surface area contributed by atoms with Crippen LogP contribution in [-0.2, 0) is 4.79 Å². The van der Waals surface area contributed by atoms with Gasteiger partial charge in [-0.25, -0.2) is 0 Å². The number of rotatable bonds is 6. The molecule has 0 aliphatic heterocycles. The van der Waals surface area contributed by atoms with Gasteiger partial charge in [0.25, 0.3) is 0 Å². The van der Waals surface area contributed by atoms with Crippen molar-refractivity contribution in [2.75, 3.05) is 12.9 Å². The maximum absolute atomic E-state index is 11.4. The molecule has 0 saturated carbocycles. The van der Waals surface area contributed by atoms with E-state index in [0.717, 1.165) is 22.8 Å². The number of Topliss-reactive ketones (excluding diaryl/α,β-unsaturated/α-hetero) is 1. The first-order chi connectivity index (χ1) is 12.1. The van der Waals surface area contributed by atoms with Gasteiger partial charge in [0.05, 0.1) is 12.9 Å². The molecule has 5 nitrogen and oxygen atoms in total. The van der Waals surface area contributed by atoms with Gasteiger partial charge in [-0.2, -0.15) is 0 Å². The Bertz CT molecular complexity index is 871. The van der Waals surface area contributed by atoms with Gasteiger partial charge in [0.2, 0.25) is 0 Å². The summed E-state index contributed by atoms with van der Waals surface area (Å²) in [7, 11) is 1.64. The van der Waals surface area contributed by atoms with E-state index in [0.29, 0.717) is 10.9 Å². The zero-order valence-corrected chi connectivity index (χ0v) is 15.2. The number of ether oxygens (including phenoxy) is 1. The average Bonchev–Trinajstić information content (AvgIpc) is 3.04. The van der Waals surface area contributed by atoms with Crippen LogP contribution in [-0.4, -0.2) is 33.4 Å². The molecule has 3 aromatic rings. The van der Waals surface area contributed by atoms with Crippen LogP contribution in [0.5, 0.6) is 5.75 Å². The molecule has 1 aromatic heterocycles. The highest BCUT2D eigenvalue weighted by molar-refractivity contribution is 7.99. The second-order valence-electron chi connectivity index (χ2n) is 5.70. The summed E-state index contributed by atoms with van der Waals surface area (Å²) >= 11 is 1.39. The molecule has 0 aliphatic rings. The van der Waals surface area contributed by atoms with Gasteiger partial charge in [0.1, 0.15) is 11.5 Å². The van der Waals surface area contributed by atoms with Gasteiger partial charge in [-0.15, -0.1) is 10.2 Å². The van der Waals surface area contributed by atoms with Crippen LogP contribution in [0.4, 0.5) is 0 Å². The zero-order valence-electron chi connectivity index (χ0n) is 14.4. The van der Waals surface area contributed by atoms with Crippen LogP contribution in [0.2, 0.25) is 0 Å². The first-order valence-electron chi connectivity index (χ1n) is 7.87. The maximum atomic E-state index is 11.4.